The van der Waals surface area contributed by atoms with Crippen molar-refractivity contribution in [3.8, 4) is 0 Å². The van der Waals surface area contributed by atoms with Crippen LogP contribution in [0.2, 0.25) is 0 Å². The fourth-order valence-corrected chi connectivity index (χ4v) is 3.26. The Kier molecular flexibility index (Phi) is 8.59. The van der Waals surface area contributed by atoms with Crippen LogP contribution >= 0.6 is 0 Å². The van der Waals surface area contributed by atoms with Gasteiger partial charge in [0.1, 0.15) is 0 Å². The van der Waals surface area contributed by atoms with E-state index in [1.165, 1.54) is 24.3 Å². The van der Waals surface area contributed by atoms with E-state index in [1.54, 1.807) is 4.90 Å². The molecule has 1 N–H and O–H groups in total. The first-order valence-corrected chi connectivity index (χ1v) is 10.6. The van der Waals surface area contributed by atoms with Crippen LogP contribution in [0, 0.1) is 11.8 Å². The zero-order chi connectivity index (χ0) is 23.1. The van der Waals surface area contributed by atoms with Gasteiger partial charge in [0.25, 0.3) is 11.8 Å². The molecule has 0 bridgehead atoms. The molecule has 1 fully saturated rings. The SMILES string of the molecule is CC(C)CNC(=O)COC(=O)c1cccc(C(=O)OC2CC(C)N(CC(C)C)C2=O)c1. The third-order valence-electron chi connectivity index (χ3n) is 4.83. The van der Waals surface area contributed by atoms with Crippen LogP contribution in [-0.4, -0.2) is 60.5 Å². The summed E-state index contributed by atoms with van der Waals surface area (Å²) in [5.41, 5.74) is 0.264. The van der Waals surface area contributed by atoms with Crippen LogP contribution < -0.4 is 5.32 Å². The second-order valence-electron chi connectivity index (χ2n) is 8.72. The summed E-state index contributed by atoms with van der Waals surface area (Å²) in [6.07, 6.45) is -0.397. The second-order valence-corrected chi connectivity index (χ2v) is 8.72. The smallest absolute Gasteiger partial charge is 0.338 e. The van der Waals surface area contributed by atoms with E-state index in [2.05, 4.69) is 5.32 Å². The molecule has 8 heteroatoms. The highest BCUT2D eigenvalue weighted by atomic mass is 16.6. The molecule has 2 amide bonds. The lowest BCUT2D eigenvalue weighted by Crippen LogP contribution is -2.37. The van der Waals surface area contributed by atoms with Crippen molar-refractivity contribution < 1.29 is 28.7 Å². The summed E-state index contributed by atoms with van der Waals surface area (Å²) in [5.74, 6) is -1.38. The van der Waals surface area contributed by atoms with Gasteiger partial charge >= 0.3 is 11.9 Å². The number of nitrogens with zero attached hydrogens (tertiary/aromatic N) is 1. The lowest BCUT2D eigenvalue weighted by atomic mass is 10.1. The summed E-state index contributed by atoms with van der Waals surface area (Å²) in [6, 6.07) is 5.85. The first kappa shape index (κ1) is 24.4. The maximum atomic E-state index is 12.6. The second kappa shape index (κ2) is 10.9. The molecule has 8 nitrogen and oxygen atoms in total. The van der Waals surface area contributed by atoms with Gasteiger partial charge in [-0.1, -0.05) is 33.8 Å². The van der Waals surface area contributed by atoms with Gasteiger partial charge in [-0.3, -0.25) is 9.59 Å². The van der Waals surface area contributed by atoms with Gasteiger partial charge in [0.05, 0.1) is 11.1 Å². The fraction of sp³-hybridized carbons (Fsp3) is 0.565. The predicted octanol–water partition coefficient (Wildman–Crippen LogP) is 2.42. The summed E-state index contributed by atoms with van der Waals surface area (Å²) in [7, 11) is 0. The van der Waals surface area contributed by atoms with Crippen molar-refractivity contribution in [1.82, 2.24) is 10.2 Å². The Hall–Kier alpha value is -2.90. The first-order chi connectivity index (χ1) is 14.6. The zero-order valence-corrected chi connectivity index (χ0v) is 18.8. The molecule has 0 aromatic heterocycles. The molecule has 170 valence electrons. The van der Waals surface area contributed by atoms with E-state index in [-0.39, 0.29) is 29.0 Å². The number of rotatable bonds is 9. The lowest BCUT2D eigenvalue weighted by molar-refractivity contribution is -0.136. The molecule has 1 heterocycles. The van der Waals surface area contributed by atoms with E-state index in [4.69, 9.17) is 9.47 Å². The van der Waals surface area contributed by atoms with Crippen molar-refractivity contribution in [2.24, 2.45) is 11.8 Å². The molecule has 2 unspecified atom stereocenters. The molecular formula is C23H32N2O6. The highest BCUT2D eigenvalue weighted by molar-refractivity contribution is 5.97. The van der Waals surface area contributed by atoms with Crippen LogP contribution in [0.3, 0.4) is 0 Å². The number of carbonyl (C=O) groups excluding carboxylic acids is 4. The number of esters is 2. The molecule has 1 saturated heterocycles. The predicted molar refractivity (Wildman–Crippen MR) is 114 cm³/mol. The number of ether oxygens (including phenoxy) is 2. The van der Waals surface area contributed by atoms with Crippen LogP contribution in [-0.2, 0) is 19.1 Å². The van der Waals surface area contributed by atoms with Crippen LogP contribution in [0.15, 0.2) is 24.3 Å². The Balaban J connectivity index is 1.95. The Morgan fingerprint density at radius 1 is 1.10 bits per heavy atom. The summed E-state index contributed by atoms with van der Waals surface area (Å²) in [5, 5.41) is 2.66. The minimum absolute atomic E-state index is 0.00384. The molecule has 1 aromatic carbocycles. The number of carbonyl (C=O) groups is 4. The van der Waals surface area contributed by atoms with Crippen molar-refractivity contribution in [1.29, 1.82) is 0 Å². The number of amides is 2. The molecule has 1 aromatic rings. The molecule has 1 aliphatic heterocycles. The molecular weight excluding hydrogens is 400 g/mol. The maximum absolute atomic E-state index is 12.6. The zero-order valence-electron chi connectivity index (χ0n) is 18.8. The first-order valence-electron chi connectivity index (χ1n) is 10.6. The van der Waals surface area contributed by atoms with Gasteiger partial charge in [-0.2, -0.15) is 0 Å². The molecule has 31 heavy (non-hydrogen) atoms. The molecule has 0 spiro atoms. The third-order valence-corrected chi connectivity index (χ3v) is 4.83. The van der Waals surface area contributed by atoms with Crippen molar-refractivity contribution in [3.63, 3.8) is 0 Å². The highest BCUT2D eigenvalue weighted by Crippen LogP contribution is 2.24. The maximum Gasteiger partial charge on any atom is 0.338 e. The number of likely N-dealkylation sites (tertiary alicyclic amines) is 1. The fourth-order valence-electron chi connectivity index (χ4n) is 3.26. The van der Waals surface area contributed by atoms with Crippen molar-refractivity contribution in [3.05, 3.63) is 35.4 Å². The molecule has 0 saturated carbocycles. The molecule has 0 radical (unpaired) electrons. The van der Waals surface area contributed by atoms with E-state index in [1.807, 2.05) is 34.6 Å². The van der Waals surface area contributed by atoms with Crippen LogP contribution in [0.25, 0.3) is 0 Å². The Morgan fingerprint density at radius 2 is 1.74 bits per heavy atom. The molecule has 2 rings (SSSR count). The van der Waals surface area contributed by atoms with Gasteiger partial charge in [-0.15, -0.1) is 0 Å². The van der Waals surface area contributed by atoms with Gasteiger partial charge in [0.15, 0.2) is 12.7 Å². The number of hydrogen-bond donors (Lipinski definition) is 1. The molecule has 2 atom stereocenters. The van der Waals surface area contributed by atoms with Crippen LogP contribution in [0.1, 0.15) is 61.8 Å². The number of nitrogens with one attached hydrogen (secondary N) is 1. The standard InChI is InChI=1S/C23H32N2O6/c1-14(2)11-24-20(26)13-30-22(28)17-7-6-8-18(10-17)23(29)31-19-9-16(5)25(21(19)27)12-15(3)4/h6-8,10,14-16,19H,9,11-13H2,1-5H3,(H,24,26). The third kappa shape index (κ3) is 7.08. The Bertz CT molecular complexity index is 820. The summed E-state index contributed by atoms with van der Waals surface area (Å²) in [6.45, 7) is 10.6. The van der Waals surface area contributed by atoms with Crippen LogP contribution in [0.4, 0.5) is 0 Å². The van der Waals surface area contributed by atoms with Gasteiger partial charge in [-0.25, -0.2) is 9.59 Å². The number of hydrogen-bond acceptors (Lipinski definition) is 6. The van der Waals surface area contributed by atoms with E-state index in [9.17, 15) is 19.2 Å². The Labute approximate surface area is 183 Å². The Morgan fingerprint density at radius 3 is 2.35 bits per heavy atom. The number of benzene rings is 1. The normalized spacial score (nSPS) is 18.4. The van der Waals surface area contributed by atoms with Gasteiger partial charge in [0.2, 0.25) is 0 Å². The van der Waals surface area contributed by atoms with E-state index in [0.29, 0.717) is 25.4 Å². The average molecular weight is 433 g/mol. The summed E-state index contributed by atoms with van der Waals surface area (Å²) >= 11 is 0. The monoisotopic (exact) mass is 432 g/mol. The van der Waals surface area contributed by atoms with Crippen molar-refractivity contribution in [2.45, 2.75) is 53.2 Å². The minimum Gasteiger partial charge on any atom is -0.452 e. The largest absolute Gasteiger partial charge is 0.452 e. The van der Waals surface area contributed by atoms with E-state index >= 15 is 0 Å². The lowest BCUT2D eigenvalue weighted by Gasteiger charge is -2.23. The minimum atomic E-state index is -0.832. The van der Waals surface area contributed by atoms with E-state index in [0.717, 1.165) is 0 Å². The van der Waals surface area contributed by atoms with Gasteiger partial charge < -0.3 is 19.7 Å². The average Bonchev–Trinajstić information content (AvgIpc) is 2.97. The van der Waals surface area contributed by atoms with E-state index < -0.39 is 30.6 Å². The molecule has 0 aliphatic carbocycles. The topological polar surface area (TPSA) is 102 Å². The van der Waals surface area contributed by atoms with Crippen molar-refractivity contribution in [2.75, 3.05) is 19.7 Å². The molecule has 1 aliphatic rings. The quantitative estimate of drug-likeness (QED) is 0.602. The highest BCUT2D eigenvalue weighted by Gasteiger charge is 2.39. The summed E-state index contributed by atoms with van der Waals surface area (Å²) in [4.78, 5) is 50.8. The summed E-state index contributed by atoms with van der Waals surface area (Å²) < 4.78 is 10.4. The van der Waals surface area contributed by atoms with Gasteiger partial charge in [-0.05, 0) is 37.0 Å². The van der Waals surface area contributed by atoms with Gasteiger partial charge in [0, 0.05) is 25.6 Å². The van der Waals surface area contributed by atoms with Crippen molar-refractivity contribution >= 4 is 23.8 Å². The van der Waals surface area contributed by atoms with Crippen LogP contribution in [0.5, 0.6) is 0 Å².